The van der Waals surface area contributed by atoms with E-state index < -0.39 is 5.60 Å². The van der Waals surface area contributed by atoms with Gasteiger partial charge in [-0.25, -0.2) is 4.98 Å². The van der Waals surface area contributed by atoms with Crippen LogP contribution in [-0.4, -0.2) is 78.8 Å². The molecule has 1 aliphatic heterocycles. The molecule has 1 atom stereocenters. The number of carbonyl (C=O) groups is 3. The Morgan fingerprint density at radius 1 is 0.980 bits per heavy atom. The molecule has 1 aliphatic rings. The second kappa shape index (κ2) is 17.4. The van der Waals surface area contributed by atoms with Gasteiger partial charge in [0, 0.05) is 51.6 Å². The number of amides is 3. The topological polar surface area (TPSA) is 177 Å². The summed E-state index contributed by atoms with van der Waals surface area (Å²) in [6.07, 6.45) is 6.51. The molecule has 0 spiro atoms. The van der Waals surface area contributed by atoms with Gasteiger partial charge in [0.05, 0.1) is 30.7 Å². The maximum atomic E-state index is 13.6. The van der Waals surface area contributed by atoms with E-state index in [0.717, 1.165) is 42.4 Å². The maximum Gasteiger partial charge on any atom is 0.281 e. The minimum atomic E-state index is -1.14. The average molecular weight is 699 g/mol. The molecule has 5 N–H and O–H groups in total. The van der Waals surface area contributed by atoms with Crippen LogP contribution in [0.15, 0.2) is 65.7 Å². The van der Waals surface area contributed by atoms with Crippen molar-refractivity contribution in [1.29, 1.82) is 0 Å². The lowest BCUT2D eigenvalue weighted by molar-refractivity contribution is -0.136. The molecule has 2 aromatic carbocycles. The Balaban J connectivity index is 1.11. The summed E-state index contributed by atoms with van der Waals surface area (Å²) in [6.45, 7) is 4.28. The SMILES string of the molecule is CC(CC(=O)N1CCC(O)(Cn2cnc3c(-c4ccc(CNCC(=O)NCCCCCCC(N)=O)cc4)n(C)nc3c2=O)CC1)c1ccccc1. The molecule has 0 saturated carbocycles. The van der Waals surface area contributed by atoms with Crippen molar-refractivity contribution >= 4 is 28.8 Å². The van der Waals surface area contributed by atoms with E-state index in [0.29, 0.717) is 63.1 Å². The Labute approximate surface area is 298 Å². The molecule has 272 valence electrons. The fourth-order valence-electron chi connectivity index (χ4n) is 6.64. The summed E-state index contributed by atoms with van der Waals surface area (Å²) in [7, 11) is 1.77. The highest BCUT2D eigenvalue weighted by Crippen LogP contribution is 2.28. The molecule has 13 nitrogen and oxygen atoms in total. The van der Waals surface area contributed by atoms with Crippen LogP contribution >= 0.6 is 0 Å². The van der Waals surface area contributed by atoms with Gasteiger partial charge in [0.1, 0.15) is 5.52 Å². The number of aromatic nitrogens is 4. The first-order valence-corrected chi connectivity index (χ1v) is 17.9. The van der Waals surface area contributed by atoms with Crippen LogP contribution in [0, 0.1) is 0 Å². The average Bonchev–Trinajstić information content (AvgIpc) is 3.46. The highest BCUT2D eigenvalue weighted by molar-refractivity contribution is 5.89. The molecule has 3 heterocycles. The van der Waals surface area contributed by atoms with E-state index in [-0.39, 0.29) is 47.8 Å². The van der Waals surface area contributed by atoms with Crippen molar-refractivity contribution in [2.24, 2.45) is 12.8 Å². The van der Waals surface area contributed by atoms with Crippen molar-refractivity contribution < 1.29 is 19.5 Å². The highest BCUT2D eigenvalue weighted by Gasteiger charge is 2.35. The van der Waals surface area contributed by atoms with Gasteiger partial charge in [-0.05, 0) is 42.7 Å². The number of aliphatic hydroxyl groups is 1. The first kappa shape index (κ1) is 37.4. The Hall–Kier alpha value is -4.88. The molecule has 13 heteroatoms. The van der Waals surface area contributed by atoms with Crippen LogP contribution in [0.2, 0.25) is 0 Å². The molecule has 4 aromatic rings. The smallest absolute Gasteiger partial charge is 0.281 e. The van der Waals surface area contributed by atoms with E-state index in [1.54, 1.807) is 11.7 Å². The molecule has 0 aliphatic carbocycles. The third kappa shape index (κ3) is 10.1. The molecule has 2 aromatic heterocycles. The molecular formula is C38H50N8O5. The number of hydrogen-bond acceptors (Lipinski definition) is 8. The largest absolute Gasteiger partial charge is 0.388 e. The maximum absolute atomic E-state index is 13.6. The summed E-state index contributed by atoms with van der Waals surface area (Å²) in [5.41, 5.74) is 8.06. The van der Waals surface area contributed by atoms with E-state index in [9.17, 15) is 24.3 Å². The third-order valence-electron chi connectivity index (χ3n) is 9.69. The van der Waals surface area contributed by atoms with Gasteiger partial charge in [0.25, 0.3) is 5.56 Å². The van der Waals surface area contributed by atoms with E-state index in [2.05, 4.69) is 20.7 Å². The van der Waals surface area contributed by atoms with Crippen LogP contribution in [0.25, 0.3) is 22.3 Å². The molecule has 1 unspecified atom stereocenters. The summed E-state index contributed by atoms with van der Waals surface area (Å²) >= 11 is 0. The zero-order valence-electron chi connectivity index (χ0n) is 29.6. The molecule has 51 heavy (non-hydrogen) atoms. The second-order valence-electron chi connectivity index (χ2n) is 13.7. The number of rotatable bonds is 17. The van der Waals surface area contributed by atoms with Crippen LogP contribution in [0.3, 0.4) is 0 Å². The molecule has 0 radical (unpaired) electrons. The molecule has 1 saturated heterocycles. The molecule has 0 bridgehead atoms. The number of nitrogens with one attached hydrogen (secondary N) is 2. The summed E-state index contributed by atoms with van der Waals surface area (Å²) in [6, 6.07) is 17.8. The number of fused-ring (bicyclic) bond motifs is 1. The van der Waals surface area contributed by atoms with Crippen molar-refractivity contribution in [1.82, 2.24) is 34.9 Å². The standard InChI is InChI=1S/C38H50N8O5/c1-27(29-10-6-5-7-11-29)22-33(49)45-20-17-38(51,18-21-45)25-46-26-42-34-35(37(46)50)43-44(2)36(34)30-15-13-28(14-16-30)23-40-24-32(48)41-19-9-4-3-8-12-31(39)47/h5-7,10-11,13-16,26-27,40,51H,3-4,8-9,12,17-25H2,1-2H3,(H2,39,47)(H,41,48). The number of piperidine rings is 1. The van der Waals surface area contributed by atoms with E-state index >= 15 is 0 Å². The van der Waals surface area contributed by atoms with Gasteiger partial charge >= 0.3 is 0 Å². The van der Waals surface area contributed by atoms with E-state index in [4.69, 9.17) is 5.73 Å². The number of aryl methyl sites for hydroxylation is 1. The third-order valence-corrected chi connectivity index (χ3v) is 9.69. The number of nitrogens with two attached hydrogens (primary N) is 1. The quantitative estimate of drug-likeness (QED) is 0.122. The first-order chi connectivity index (χ1) is 24.5. The van der Waals surface area contributed by atoms with Gasteiger partial charge in [0.15, 0.2) is 5.52 Å². The van der Waals surface area contributed by atoms with E-state index in [1.165, 1.54) is 10.9 Å². The Morgan fingerprint density at radius 2 is 1.69 bits per heavy atom. The van der Waals surface area contributed by atoms with Gasteiger partial charge in [-0.3, -0.25) is 28.4 Å². The number of likely N-dealkylation sites (tertiary alicyclic amines) is 1. The van der Waals surface area contributed by atoms with Gasteiger partial charge in [-0.1, -0.05) is 74.4 Å². The van der Waals surface area contributed by atoms with Crippen molar-refractivity contribution in [3.8, 4) is 11.3 Å². The predicted octanol–water partition coefficient (Wildman–Crippen LogP) is 2.99. The molecule has 3 amide bonds. The van der Waals surface area contributed by atoms with Crippen LogP contribution in [0.1, 0.15) is 75.3 Å². The lowest BCUT2D eigenvalue weighted by atomic mass is 9.90. The monoisotopic (exact) mass is 698 g/mol. The molecule has 5 rings (SSSR count). The van der Waals surface area contributed by atoms with Crippen molar-refractivity contribution in [2.45, 2.75) is 82.9 Å². The second-order valence-corrected chi connectivity index (χ2v) is 13.7. The summed E-state index contributed by atoms with van der Waals surface area (Å²) in [5.74, 6) is -0.174. The highest BCUT2D eigenvalue weighted by atomic mass is 16.3. The van der Waals surface area contributed by atoms with Crippen molar-refractivity contribution in [3.63, 3.8) is 0 Å². The van der Waals surface area contributed by atoms with Crippen LogP contribution in [0.5, 0.6) is 0 Å². The number of carbonyl (C=O) groups excluding carboxylic acids is 3. The lowest BCUT2D eigenvalue weighted by Crippen LogP contribution is -2.49. The fraction of sp³-hybridized carbons (Fsp3) is 0.474. The van der Waals surface area contributed by atoms with Crippen LogP contribution in [0.4, 0.5) is 0 Å². The van der Waals surface area contributed by atoms with Gasteiger partial charge in [-0.2, -0.15) is 5.10 Å². The minimum absolute atomic E-state index is 0.0695. The Morgan fingerprint density at radius 3 is 2.39 bits per heavy atom. The van der Waals surface area contributed by atoms with Gasteiger partial charge in [-0.15, -0.1) is 0 Å². The number of primary amides is 1. The Bertz CT molecular complexity index is 1850. The van der Waals surface area contributed by atoms with Crippen molar-refractivity contribution in [2.75, 3.05) is 26.2 Å². The van der Waals surface area contributed by atoms with Gasteiger partial charge < -0.3 is 26.4 Å². The minimum Gasteiger partial charge on any atom is -0.388 e. The van der Waals surface area contributed by atoms with Crippen LogP contribution in [-0.2, 0) is 34.5 Å². The number of hydrogen-bond donors (Lipinski definition) is 4. The molecular weight excluding hydrogens is 648 g/mol. The predicted molar refractivity (Wildman–Crippen MR) is 195 cm³/mol. The lowest BCUT2D eigenvalue weighted by Gasteiger charge is -2.38. The zero-order valence-corrected chi connectivity index (χ0v) is 29.6. The normalized spacial score (nSPS) is 14.8. The zero-order chi connectivity index (χ0) is 36.4. The summed E-state index contributed by atoms with van der Waals surface area (Å²) in [5, 5.41) is 22.0. The number of nitrogens with zero attached hydrogens (tertiary/aromatic N) is 5. The Kier molecular flexibility index (Phi) is 12.7. The first-order valence-electron chi connectivity index (χ1n) is 17.9. The molecule has 1 fully saturated rings. The van der Waals surface area contributed by atoms with E-state index in [1.807, 2.05) is 66.4 Å². The number of benzene rings is 2. The van der Waals surface area contributed by atoms with Crippen LogP contribution < -0.4 is 21.9 Å². The number of unbranched alkanes of at least 4 members (excludes halogenated alkanes) is 3. The summed E-state index contributed by atoms with van der Waals surface area (Å²) < 4.78 is 3.07. The van der Waals surface area contributed by atoms with Crippen molar-refractivity contribution in [3.05, 3.63) is 82.4 Å². The fourth-order valence-corrected chi connectivity index (χ4v) is 6.64. The van der Waals surface area contributed by atoms with Gasteiger partial charge in [0.2, 0.25) is 17.7 Å². The summed E-state index contributed by atoms with van der Waals surface area (Å²) in [4.78, 5) is 55.9.